The van der Waals surface area contributed by atoms with Gasteiger partial charge in [-0.15, -0.1) is 0 Å². The van der Waals surface area contributed by atoms with Gasteiger partial charge < -0.3 is 25.5 Å². The monoisotopic (exact) mass is 479 g/mol. The Morgan fingerprint density at radius 1 is 1.23 bits per heavy atom. The Hall–Kier alpha value is -4.17. The predicted molar refractivity (Wildman–Crippen MR) is 131 cm³/mol. The lowest BCUT2D eigenvalue weighted by atomic mass is 10.2. The summed E-state index contributed by atoms with van der Waals surface area (Å²) in [6.45, 7) is 7.74. The van der Waals surface area contributed by atoms with Crippen LogP contribution in [0.1, 0.15) is 44.6 Å². The first-order chi connectivity index (χ1) is 16.6. The highest BCUT2D eigenvalue weighted by Crippen LogP contribution is 2.29. The minimum Gasteiger partial charge on any atom is -0.443 e. The molecule has 0 unspecified atom stereocenters. The maximum absolute atomic E-state index is 12.7. The number of aromatic nitrogens is 4. The minimum absolute atomic E-state index is 0.0230. The van der Waals surface area contributed by atoms with Crippen LogP contribution in [0.3, 0.4) is 0 Å². The van der Waals surface area contributed by atoms with E-state index < -0.39 is 11.7 Å². The topological polar surface area (TPSA) is 148 Å². The second-order valence-corrected chi connectivity index (χ2v) is 8.52. The van der Waals surface area contributed by atoms with E-state index in [1.54, 1.807) is 39.0 Å². The zero-order valence-electron chi connectivity index (χ0n) is 20.4. The summed E-state index contributed by atoms with van der Waals surface area (Å²) in [6, 6.07) is 5.32. The number of nitrogens with two attached hydrogens (primary N) is 1. The van der Waals surface area contributed by atoms with Crippen LogP contribution in [0.15, 0.2) is 24.5 Å². The summed E-state index contributed by atoms with van der Waals surface area (Å²) in [5.74, 6) is 6.17. The number of pyridine rings is 2. The molecule has 0 atom stereocenters. The molecule has 3 heterocycles. The van der Waals surface area contributed by atoms with Crippen LogP contribution in [0.2, 0.25) is 0 Å². The van der Waals surface area contributed by atoms with E-state index in [0.29, 0.717) is 40.3 Å². The molecule has 0 aliphatic rings. The standard InChI is InChI=1S/C24H29N7O4/c1-6-31(23(33)35-24(2,3)4)22-20-19(27-14-28-20)17(21(25)30-22)11-10-15-8-7-9-16(29-15)12-26-18(32)13-34-5/h7-9,14H,6,12-13H2,1-5H3,(H2,25,30)(H,26,32)(H,27,28). The Morgan fingerprint density at radius 3 is 2.69 bits per heavy atom. The van der Waals surface area contributed by atoms with Crippen LogP contribution in [0.4, 0.5) is 16.4 Å². The molecule has 0 aromatic carbocycles. The van der Waals surface area contributed by atoms with E-state index >= 15 is 0 Å². The molecule has 4 N–H and O–H groups in total. The fourth-order valence-corrected chi connectivity index (χ4v) is 3.15. The van der Waals surface area contributed by atoms with Gasteiger partial charge in [0, 0.05) is 13.7 Å². The number of aromatic amines is 1. The van der Waals surface area contributed by atoms with E-state index in [4.69, 9.17) is 15.2 Å². The van der Waals surface area contributed by atoms with Gasteiger partial charge in [0.1, 0.15) is 34.8 Å². The molecule has 3 aromatic rings. The zero-order valence-corrected chi connectivity index (χ0v) is 20.4. The van der Waals surface area contributed by atoms with E-state index in [2.05, 4.69) is 37.1 Å². The number of imidazole rings is 1. The number of nitrogen functional groups attached to an aromatic ring is 1. The molecule has 0 saturated carbocycles. The molecule has 0 aliphatic carbocycles. The lowest BCUT2D eigenvalue weighted by Gasteiger charge is -2.26. The fourth-order valence-electron chi connectivity index (χ4n) is 3.15. The van der Waals surface area contributed by atoms with Gasteiger partial charge in [0.2, 0.25) is 5.91 Å². The van der Waals surface area contributed by atoms with Crippen LogP contribution < -0.4 is 16.0 Å². The number of nitrogens with zero attached hydrogens (tertiary/aromatic N) is 4. The van der Waals surface area contributed by atoms with Gasteiger partial charge in [-0.2, -0.15) is 0 Å². The average Bonchev–Trinajstić information content (AvgIpc) is 3.27. The highest BCUT2D eigenvalue weighted by molar-refractivity contribution is 6.00. The van der Waals surface area contributed by atoms with E-state index in [9.17, 15) is 9.59 Å². The zero-order chi connectivity index (χ0) is 25.6. The van der Waals surface area contributed by atoms with Crippen molar-refractivity contribution in [3.8, 4) is 11.8 Å². The van der Waals surface area contributed by atoms with Crippen LogP contribution >= 0.6 is 0 Å². The lowest BCUT2D eigenvalue weighted by molar-refractivity contribution is -0.124. The van der Waals surface area contributed by atoms with Crippen molar-refractivity contribution in [2.45, 2.75) is 39.8 Å². The van der Waals surface area contributed by atoms with Crippen LogP contribution in [0, 0.1) is 11.8 Å². The summed E-state index contributed by atoms with van der Waals surface area (Å²) >= 11 is 0. The normalized spacial score (nSPS) is 11.0. The molecule has 184 valence electrons. The van der Waals surface area contributed by atoms with Gasteiger partial charge in [-0.25, -0.2) is 19.7 Å². The molecule has 3 rings (SSSR count). The quantitative estimate of drug-likeness (QED) is 0.456. The first-order valence-electron chi connectivity index (χ1n) is 11.0. The molecule has 0 aliphatic heterocycles. The second kappa shape index (κ2) is 10.8. The number of anilines is 2. The number of carbonyl (C=O) groups excluding carboxylic acids is 2. The summed E-state index contributed by atoms with van der Waals surface area (Å²) in [4.78, 5) is 42.0. The Balaban J connectivity index is 1.91. The number of rotatable bonds is 6. The van der Waals surface area contributed by atoms with Gasteiger partial charge in [0.25, 0.3) is 0 Å². The molecule has 11 nitrogen and oxygen atoms in total. The summed E-state index contributed by atoms with van der Waals surface area (Å²) in [6.07, 6.45) is 0.950. The number of nitrogens with one attached hydrogen (secondary N) is 2. The number of fused-ring (bicyclic) bond motifs is 1. The summed E-state index contributed by atoms with van der Waals surface area (Å²) in [5, 5.41) is 2.71. The highest BCUT2D eigenvalue weighted by Gasteiger charge is 2.26. The summed E-state index contributed by atoms with van der Waals surface area (Å²) in [7, 11) is 1.45. The van der Waals surface area contributed by atoms with Crippen molar-refractivity contribution in [2.75, 3.05) is 30.9 Å². The molecule has 35 heavy (non-hydrogen) atoms. The molecular weight excluding hydrogens is 450 g/mol. The third-order valence-electron chi connectivity index (χ3n) is 4.63. The summed E-state index contributed by atoms with van der Waals surface area (Å²) in [5.41, 5.74) is 8.11. The van der Waals surface area contributed by atoms with Gasteiger partial charge in [0.05, 0.1) is 24.1 Å². The SMILES string of the molecule is CCN(C(=O)OC(C)(C)C)c1nc(N)c(C#Cc2cccc(CNC(=O)COC)n2)c2nc[nH]c12. The Kier molecular flexibility index (Phi) is 7.88. The first kappa shape index (κ1) is 25.5. The molecule has 3 aromatic heterocycles. The molecule has 2 amide bonds. The van der Waals surface area contributed by atoms with Crippen molar-refractivity contribution in [3.05, 3.63) is 41.5 Å². The number of methoxy groups -OCH3 is 1. The number of H-pyrrole nitrogens is 1. The maximum atomic E-state index is 12.7. The van der Waals surface area contributed by atoms with Crippen LogP contribution in [0.5, 0.6) is 0 Å². The van der Waals surface area contributed by atoms with E-state index in [0.717, 1.165) is 0 Å². The van der Waals surface area contributed by atoms with Crippen molar-refractivity contribution >= 4 is 34.7 Å². The van der Waals surface area contributed by atoms with Crippen LogP contribution in [-0.2, 0) is 20.8 Å². The minimum atomic E-state index is -0.664. The Labute approximate surface area is 203 Å². The molecule has 0 spiro atoms. The third kappa shape index (κ3) is 6.45. The van der Waals surface area contributed by atoms with Crippen molar-refractivity contribution in [2.24, 2.45) is 0 Å². The Morgan fingerprint density at radius 2 is 2.00 bits per heavy atom. The van der Waals surface area contributed by atoms with Crippen molar-refractivity contribution < 1.29 is 19.1 Å². The van der Waals surface area contributed by atoms with Crippen LogP contribution in [0.25, 0.3) is 11.0 Å². The fraction of sp³-hybridized carbons (Fsp3) is 0.375. The largest absolute Gasteiger partial charge is 0.443 e. The number of amides is 2. The Bertz CT molecular complexity index is 1280. The van der Waals surface area contributed by atoms with Gasteiger partial charge in [0.15, 0.2) is 5.82 Å². The first-order valence-corrected chi connectivity index (χ1v) is 11.0. The maximum Gasteiger partial charge on any atom is 0.416 e. The molecule has 0 radical (unpaired) electrons. The predicted octanol–water partition coefficient (Wildman–Crippen LogP) is 2.36. The van der Waals surface area contributed by atoms with E-state index in [1.165, 1.54) is 18.3 Å². The molecular formula is C24H29N7O4. The van der Waals surface area contributed by atoms with E-state index in [1.807, 2.05) is 6.92 Å². The highest BCUT2D eigenvalue weighted by atomic mass is 16.6. The smallest absolute Gasteiger partial charge is 0.416 e. The molecule has 0 saturated heterocycles. The van der Waals surface area contributed by atoms with Crippen LogP contribution in [-0.4, -0.2) is 57.8 Å². The average molecular weight is 480 g/mol. The number of carbonyl (C=O) groups is 2. The van der Waals surface area contributed by atoms with Crippen molar-refractivity contribution in [1.29, 1.82) is 0 Å². The van der Waals surface area contributed by atoms with Gasteiger partial charge >= 0.3 is 6.09 Å². The van der Waals surface area contributed by atoms with Gasteiger partial charge in [-0.05, 0) is 45.7 Å². The molecule has 0 fully saturated rings. The third-order valence-corrected chi connectivity index (χ3v) is 4.63. The van der Waals surface area contributed by atoms with Crippen molar-refractivity contribution in [1.82, 2.24) is 25.3 Å². The number of hydrogen-bond acceptors (Lipinski definition) is 8. The van der Waals surface area contributed by atoms with E-state index in [-0.39, 0.29) is 24.9 Å². The second-order valence-electron chi connectivity index (χ2n) is 8.52. The van der Waals surface area contributed by atoms with Gasteiger partial charge in [-0.3, -0.25) is 9.69 Å². The lowest BCUT2D eigenvalue weighted by Crippen LogP contribution is -2.37. The molecule has 0 bridgehead atoms. The number of hydrogen-bond donors (Lipinski definition) is 3. The van der Waals surface area contributed by atoms with Gasteiger partial charge in [-0.1, -0.05) is 12.0 Å². The number of ether oxygens (including phenoxy) is 2. The molecule has 11 heteroatoms. The summed E-state index contributed by atoms with van der Waals surface area (Å²) < 4.78 is 10.3. The van der Waals surface area contributed by atoms with Crippen molar-refractivity contribution in [3.63, 3.8) is 0 Å².